The zero-order valence-electron chi connectivity index (χ0n) is 10.7. The molecule has 1 aliphatic rings. The maximum absolute atomic E-state index is 12.1. The summed E-state index contributed by atoms with van der Waals surface area (Å²) in [5.74, 6) is 0.0649. The molecule has 0 radical (unpaired) electrons. The van der Waals surface area contributed by atoms with Crippen LogP contribution in [0.2, 0.25) is 0 Å². The Morgan fingerprint density at radius 3 is 2.68 bits per heavy atom. The minimum Gasteiger partial charge on any atom is -0.387 e. The molecule has 0 aromatic carbocycles. The second-order valence-electron chi connectivity index (χ2n) is 4.57. The molecule has 0 spiro atoms. The molecular formula is C12H17N3O3S. The lowest BCUT2D eigenvalue weighted by Gasteiger charge is -2.23. The molecular weight excluding hydrogens is 266 g/mol. The summed E-state index contributed by atoms with van der Waals surface area (Å²) < 4.78 is 22.6. The number of anilines is 1. The van der Waals surface area contributed by atoms with Crippen LogP contribution in [0, 0.1) is 0 Å². The number of amides is 1. The van der Waals surface area contributed by atoms with E-state index in [1.807, 2.05) is 0 Å². The van der Waals surface area contributed by atoms with Gasteiger partial charge in [0.1, 0.15) is 9.84 Å². The number of carbonyl (C=O) groups excluding carboxylic acids is 1. The second-order valence-corrected chi connectivity index (χ2v) is 6.87. The van der Waals surface area contributed by atoms with Crippen molar-refractivity contribution >= 4 is 21.4 Å². The van der Waals surface area contributed by atoms with E-state index in [0.717, 1.165) is 0 Å². The molecule has 1 saturated heterocycles. The van der Waals surface area contributed by atoms with Gasteiger partial charge in [0.2, 0.25) is 0 Å². The first-order chi connectivity index (χ1) is 9.02. The molecule has 1 aromatic heterocycles. The topological polar surface area (TPSA) is 88.2 Å². The fraction of sp³-hybridized carbons (Fsp3) is 0.500. The Hall–Kier alpha value is -1.63. The molecule has 2 heterocycles. The monoisotopic (exact) mass is 283 g/mol. The van der Waals surface area contributed by atoms with Gasteiger partial charge < -0.3 is 10.6 Å². The van der Waals surface area contributed by atoms with Crippen LogP contribution in [0.1, 0.15) is 23.2 Å². The van der Waals surface area contributed by atoms with Gasteiger partial charge in [0.15, 0.2) is 0 Å². The smallest absolute Gasteiger partial charge is 0.255 e. The van der Waals surface area contributed by atoms with Crippen molar-refractivity contribution in [1.29, 1.82) is 0 Å². The SMILES string of the molecule is CNc1ccncc1C(=O)NC1CCS(=O)(=O)CC1. The molecule has 0 aliphatic carbocycles. The number of aromatic nitrogens is 1. The summed E-state index contributed by atoms with van der Waals surface area (Å²) in [6.07, 6.45) is 4.06. The van der Waals surface area contributed by atoms with E-state index in [1.54, 1.807) is 19.3 Å². The highest BCUT2D eigenvalue weighted by Gasteiger charge is 2.25. The maximum Gasteiger partial charge on any atom is 0.255 e. The third-order valence-corrected chi connectivity index (χ3v) is 4.94. The first-order valence-corrected chi connectivity index (χ1v) is 7.97. The molecule has 7 heteroatoms. The van der Waals surface area contributed by atoms with E-state index in [0.29, 0.717) is 24.1 Å². The summed E-state index contributed by atoms with van der Waals surface area (Å²) in [5.41, 5.74) is 1.18. The number of carbonyl (C=O) groups is 1. The van der Waals surface area contributed by atoms with E-state index in [-0.39, 0.29) is 23.5 Å². The Morgan fingerprint density at radius 2 is 2.05 bits per heavy atom. The molecule has 0 unspecified atom stereocenters. The Morgan fingerprint density at radius 1 is 1.37 bits per heavy atom. The lowest BCUT2D eigenvalue weighted by Crippen LogP contribution is -2.41. The van der Waals surface area contributed by atoms with Crippen molar-refractivity contribution in [3.05, 3.63) is 24.0 Å². The predicted octanol–water partition coefficient (Wildman–Crippen LogP) is 0.430. The van der Waals surface area contributed by atoms with Gasteiger partial charge in [0, 0.05) is 31.2 Å². The highest BCUT2D eigenvalue weighted by atomic mass is 32.2. The van der Waals surface area contributed by atoms with Gasteiger partial charge in [-0.25, -0.2) is 8.42 Å². The molecule has 0 atom stereocenters. The summed E-state index contributed by atoms with van der Waals surface area (Å²) in [6, 6.07) is 1.64. The molecule has 1 fully saturated rings. The Labute approximate surface area is 112 Å². The standard InChI is InChI=1S/C12H17N3O3S/c1-13-11-2-5-14-8-10(11)12(16)15-9-3-6-19(17,18)7-4-9/h2,5,8-9H,3-4,6-7H2,1H3,(H,13,14)(H,15,16). The summed E-state index contributed by atoms with van der Waals surface area (Å²) in [6.45, 7) is 0. The number of nitrogens with zero attached hydrogens (tertiary/aromatic N) is 1. The average molecular weight is 283 g/mol. The molecule has 2 rings (SSSR count). The molecule has 1 aliphatic heterocycles. The quantitative estimate of drug-likeness (QED) is 0.840. The number of nitrogens with one attached hydrogen (secondary N) is 2. The predicted molar refractivity (Wildman–Crippen MR) is 72.9 cm³/mol. The van der Waals surface area contributed by atoms with Crippen LogP contribution in [0.5, 0.6) is 0 Å². The van der Waals surface area contributed by atoms with Crippen LogP contribution in [0.4, 0.5) is 5.69 Å². The number of hydrogen-bond donors (Lipinski definition) is 2. The van der Waals surface area contributed by atoms with Gasteiger partial charge >= 0.3 is 0 Å². The van der Waals surface area contributed by atoms with E-state index < -0.39 is 9.84 Å². The number of pyridine rings is 1. The van der Waals surface area contributed by atoms with Crippen LogP contribution in [-0.2, 0) is 9.84 Å². The zero-order valence-corrected chi connectivity index (χ0v) is 11.5. The van der Waals surface area contributed by atoms with Gasteiger partial charge in [-0.15, -0.1) is 0 Å². The van der Waals surface area contributed by atoms with Gasteiger partial charge in [0.25, 0.3) is 5.91 Å². The maximum atomic E-state index is 12.1. The summed E-state index contributed by atoms with van der Waals surface area (Å²) in [7, 11) is -1.17. The highest BCUT2D eigenvalue weighted by Crippen LogP contribution is 2.16. The molecule has 0 bridgehead atoms. The van der Waals surface area contributed by atoms with E-state index in [2.05, 4.69) is 15.6 Å². The van der Waals surface area contributed by atoms with Crippen LogP contribution < -0.4 is 10.6 Å². The first kappa shape index (κ1) is 13.8. The van der Waals surface area contributed by atoms with Crippen molar-refractivity contribution in [3.8, 4) is 0 Å². The number of rotatable bonds is 3. The Balaban J connectivity index is 2.02. The normalized spacial score (nSPS) is 18.8. The van der Waals surface area contributed by atoms with Gasteiger partial charge in [-0.2, -0.15) is 0 Å². The van der Waals surface area contributed by atoms with Gasteiger partial charge in [-0.1, -0.05) is 0 Å². The average Bonchev–Trinajstić information content (AvgIpc) is 2.41. The number of hydrogen-bond acceptors (Lipinski definition) is 5. The lowest BCUT2D eigenvalue weighted by molar-refractivity contribution is 0.0934. The lowest BCUT2D eigenvalue weighted by atomic mass is 10.1. The molecule has 2 N–H and O–H groups in total. The summed E-state index contributed by atoms with van der Waals surface area (Å²) in [5, 5.41) is 5.79. The molecule has 104 valence electrons. The van der Waals surface area contributed by atoms with Crippen molar-refractivity contribution in [1.82, 2.24) is 10.3 Å². The summed E-state index contributed by atoms with van der Waals surface area (Å²) >= 11 is 0. The fourth-order valence-electron chi connectivity index (χ4n) is 2.09. The minimum absolute atomic E-state index is 0.0825. The second kappa shape index (κ2) is 5.56. The van der Waals surface area contributed by atoms with E-state index >= 15 is 0 Å². The van der Waals surface area contributed by atoms with Gasteiger partial charge in [-0.3, -0.25) is 9.78 Å². The highest BCUT2D eigenvalue weighted by molar-refractivity contribution is 7.91. The van der Waals surface area contributed by atoms with Crippen molar-refractivity contribution < 1.29 is 13.2 Å². The fourth-order valence-corrected chi connectivity index (χ4v) is 3.58. The molecule has 1 amide bonds. The van der Waals surface area contributed by atoms with Crippen molar-refractivity contribution in [3.63, 3.8) is 0 Å². The van der Waals surface area contributed by atoms with E-state index in [9.17, 15) is 13.2 Å². The third kappa shape index (κ3) is 3.44. The van der Waals surface area contributed by atoms with E-state index in [4.69, 9.17) is 0 Å². The van der Waals surface area contributed by atoms with Crippen molar-refractivity contribution in [2.24, 2.45) is 0 Å². The Kier molecular flexibility index (Phi) is 4.04. The molecule has 0 saturated carbocycles. The third-order valence-electron chi connectivity index (χ3n) is 3.22. The Bertz CT molecular complexity index is 557. The van der Waals surface area contributed by atoms with Crippen molar-refractivity contribution in [2.45, 2.75) is 18.9 Å². The molecule has 6 nitrogen and oxygen atoms in total. The van der Waals surface area contributed by atoms with Crippen LogP contribution in [0.3, 0.4) is 0 Å². The molecule has 19 heavy (non-hydrogen) atoms. The largest absolute Gasteiger partial charge is 0.387 e. The van der Waals surface area contributed by atoms with Crippen LogP contribution in [-0.4, -0.2) is 43.9 Å². The van der Waals surface area contributed by atoms with Crippen LogP contribution >= 0.6 is 0 Å². The van der Waals surface area contributed by atoms with Crippen LogP contribution in [0.15, 0.2) is 18.5 Å². The number of sulfone groups is 1. The van der Waals surface area contributed by atoms with Crippen molar-refractivity contribution in [2.75, 3.05) is 23.9 Å². The first-order valence-electron chi connectivity index (χ1n) is 6.15. The molecule has 1 aromatic rings. The summed E-state index contributed by atoms with van der Waals surface area (Å²) in [4.78, 5) is 16.0. The minimum atomic E-state index is -2.90. The zero-order chi connectivity index (χ0) is 13.9. The van der Waals surface area contributed by atoms with Gasteiger partial charge in [0.05, 0.1) is 17.1 Å². The van der Waals surface area contributed by atoms with Gasteiger partial charge in [-0.05, 0) is 18.9 Å². The van der Waals surface area contributed by atoms with E-state index in [1.165, 1.54) is 6.20 Å². The van der Waals surface area contributed by atoms with Crippen LogP contribution in [0.25, 0.3) is 0 Å².